The Morgan fingerprint density at radius 3 is 2.85 bits per heavy atom. The zero-order chi connectivity index (χ0) is 13.7. The maximum Gasteiger partial charge on any atom is 0.248 e. The molecule has 0 saturated carbocycles. The number of hydrogen-bond acceptors (Lipinski definition) is 3. The standard InChI is InChI=1S/C14H19N3O2.ClH/c15-13(18)11-4-1-3-10(7-11)8-17-14(19)12-5-2-6-16-9-12;/h1,3-4,7,12,16H,2,5-6,8-9H2,(H2,15,18)(H,17,19);1H. The van der Waals surface area contributed by atoms with E-state index >= 15 is 0 Å². The lowest BCUT2D eigenvalue weighted by atomic mass is 9.99. The van der Waals surface area contributed by atoms with Gasteiger partial charge in [-0.25, -0.2) is 0 Å². The summed E-state index contributed by atoms with van der Waals surface area (Å²) in [6.07, 6.45) is 1.97. The summed E-state index contributed by atoms with van der Waals surface area (Å²) in [5, 5.41) is 6.12. The van der Waals surface area contributed by atoms with Crippen LogP contribution in [0.1, 0.15) is 28.8 Å². The van der Waals surface area contributed by atoms with Gasteiger partial charge in [0.25, 0.3) is 0 Å². The lowest BCUT2D eigenvalue weighted by molar-refractivity contribution is -0.125. The van der Waals surface area contributed by atoms with Gasteiger partial charge in [-0.2, -0.15) is 0 Å². The third-order valence-corrected chi connectivity index (χ3v) is 3.35. The summed E-state index contributed by atoms with van der Waals surface area (Å²) in [6.45, 7) is 2.16. The van der Waals surface area contributed by atoms with Crippen LogP contribution in [0, 0.1) is 5.92 Å². The lowest BCUT2D eigenvalue weighted by Crippen LogP contribution is -2.40. The Morgan fingerprint density at radius 1 is 1.40 bits per heavy atom. The van der Waals surface area contributed by atoms with E-state index in [1.54, 1.807) is 18.2 Å². The zero-order valence-electron chi connectivity index (χ0n) is 11.2. The molecule has 4 N–H and O–H groups in total. The van der Waals surface area contributed by atoms with Crippen LogP contribution >= 0.6 is 12.4 Å². The van der Waals surface area contributed by atoms with Gasteiger partial charge in [0.05, 0.1) is 5.92 Å². The number of primary amides is 1. The number of carbonyl (C=O) groups excluding carboxylic acids is 2. The number of piperidine rings is 1. The molecule has 1 fully saturated rings. The molecule has 1 unspecified atom stereocenters. The second-order valence-electron chi connectivity index (χ2n) is 4.83. The van der Waals surface area contributed by atoms with Gasteiger partial charge in [-0.1, -0.05) is 12.1 Å². The van der Waals surface area contributed by atoms with Crippen molar-refractivity contribution in [3.63, 3.8) is 0 Å². The molecule has 2 rings (SSSR count). The fourth-order valence-corrected chi connectivity index (χ4v) is 2.24. The van der Waals surface area contributed by atoms with Crippen molar-refractivity contribution in [2.45, 2.75) is 19.4 Å². The highest BCUT2D eigenvalue weighted by Gasteiger charge is 2.20. The molecule has 1 atom stereocenters. The van der Waals surface area contributed by atoms with E-state index in [9.17, 15) is 9.59 Å². The van der Waals surface area contributed by atoms with Crippen molar-refractivity contribution in [3.8, 4) is 0 Å². The first kappa shape index (κ1) is 16.5. The van der Waals surface area contributed by atoms with Crippen LogP contribution in [0.4, 0.5) is 0 Å². The summed E-state index contributed by atoms with van der Waals surface area (Å²) in [5.74, 6) is -0.339. The second-order valence-corrected chi connectivity index (χ2v) is 4.83. The highest BCUT2D eigenvalue weighted by molar-refractivity contribution is 5.92. The minimum absolute atomic E-state index is 0. The number of carbonyl (C=O) groups is 2. The maximum absolute atomic E-state index is 11.9. The second kappa shape index (κ2) is 7.87. The van der Waals surface area contributed by atoms with Gasteiger partial charge >= 0.3 is 0 Å². The van der Waals surface area contributed by atoms with Gasteiger partial charge in [0.2, 0.25) is 11.8 Å². The molecule has 5 nitrogen and oxygen atoms in total. The Hall–Kier alpha value is -1.59. The van der Waals surface area contributed by atoms with Crippen molar-refractivity contribution >= 4 is 24.2 Å². The quantitative estimate of drug-likeness (QED) is 0.769. The van der Waals surface area contributed by atoms with Crippen molar-refractivity contribution in [3.05, 3.63) is 35.4 Å². The molecule has 6 heteroatoms. The Morgan fingerprint density at radius 2 is 2.20 bits per heavy atom. The molecule has 1 aliphatic rings. The number of benzene rings is 1. The van der Waals surface area contributed by atoms with Crippen LogP contribution in [0.5, 0.6) is 0 Å². The van der Waals surface area contributed by atoms with Crippen LogP contribution in [0.25, 0.3) is 0 Å². The van der Waals surface area contributed by atoms with E-state index in [2.05, 4.69) is 10.6 Å². The summed E-state index contributed by atoms with van der Waals surface area (Å²) in [7, 11) is 0. The molecule has 1 heterocycles. The molecule has 1 aromatic carbocycles. The molecule has 2 amide bonds. The first-order chi connectivity index (χ1) is 9.16. The van der Waals surface area contributed by atoms with E-state index in [0.717, 1.165) is 31.5 Å². The molecule has 20 heavy (non-hydrogen) atoms. The number of nitrogens with one attached hydrogen (secondary N) is 2. The number of amides is 2. The number of halogens is 1. The molecular weight excluding hydrogens is 278 g/mol. The Kier molecular flexibility index (Phi) is 6.48. The van der Waals surface area contributed by atoms with E-state index in [-0.39, 0.29) is 24.2 Å². The van der Waals surface area contributed by atoms with Crippen molar-refractivity contribution < 1.29 is 9.59 Å². The fourth-order valence-electron chi connectivity index (χ4n) is 2.24. The average Bonchev–Trinajstić information content (AvgIpc) is 2.46. The molecule has 1 saturated heterocycles. The summed E-state index contributed by atoms with van der Waals surface area (Å²) in [5.41, 5.74) is 6.57. The zero-order valence-corrected chi connectivity index (χ0v) is 12.0. The van der Waals surface area contributed by atoms with Crippen molar-refractivity contribution in [1.82, 2.24) is 10.6 Å². The van der Waals surface area contributed by atoms with Gasteiger partial charge in [0.15, 0.2) is 0 Å². The number of nitrogens with two attached hydrogens (primary N) is 1. The summed E-state index contributed by atoms with van der Waals surface area (Å²) in [6, 6.07) is 7.01. The van der Waals surface area contributed by atoms with Crippen molar-refractivity contribution in [2.24, 2.45) is 11.7 Å². The fraction of sp³-hybridized carbons (Fsp3) is 0.429. The third-order valence-electron chi connectivity index (χ3n) is 3.35. The predicted molar refractivity (Wildman–Crippen MR) is 79.6 cm³/mol. The molecule has 1 aliphatic heterocycles. The first-order valence-corrected chi connectivity index (χ1v) is 6.54. The van der Waals surface area contributed by atoms with Gasteiger partial charge in [0, 0.05) is 18.7 Å². The van der Waals surface area contributed by atoms with Crippen LogP contribution in [0.3, 0.4) is 0 Å². The van der Waals surface area contributed by atoms with Crippen molar-refractivity contribution in [2.75, 3.05) is 13.1 Å². The topological polar surface area (TPSA) is 84.2 Å². The van der Waals surface area contributed by atoms with Gasteiger partial charge in [-0.05, 0) is 37.1 Å². The van der Waals surface area contributed by atoms with E-state index in [1.807, 2.05) is 6.07 Å². The van der Waals surface area contributed by atoms with E-state index < -0.39 is 5.91 Å². The Balaban J connectivity index is 0.00000200. The van der Waals surface area contributed by atoms with Crippen LogP contribution in [-0.2, 0) is 11.3 Å². The molecular formula is C14H20ClN3O2. The minimum atomic E-state index is -0.454. The van der Waals surface area contributed by atoms with E-state index in [1.165, 1.54) is 0 Å². The monoisotopic (exact) mass is 297 g/mol. The predicted octanol–water partition coefficient (Wildman–Crippen LogP) is 0.823. The van der Waals surface area contributed by atoms with Crippen LogP contribution in [-0.4, -0.2) is 24.9 Å². The maximum atomic E-state index is 11.9. The SMILES string of the molecule is Cl.NC(=O)c1cccc(CNC(=O)C2CCCNC2)c1. The smallest absolute Gasteiger partial charge is 0.248 e. The van der Waals surface area contributed by atoms with Gasteiger partial charge < -0.3 is 16.4 Å². The van der Waals surface area contributed by atoms with E-state index in [4.69, 9.17) is 5.73 Å². The minimum Gasteiger partial charge on any atom is -0.366 e. The molecule has 110 valence electrons. The molecule has 0 spiro atoms. The highest BCUT2D eigenvalue weighted by Crippen LogP contribution is 2.10. The summed E-state index contributed by atoms with van der Waals surface area (Å²) >= 11 is 0. The van der Waals surface area contributed by atoms with Gasteiger partial charge in [-0.15, -0.1) is 12.4 Å². The number of rotatable bonds is 4. The van der Waals surface area contributed by atoms with Crippen molar-refractivity contribution in [1.29, 1.82) is 0 Å². The average molecular weight is 298 g/mol. The highest BCUT2D eigenvalue weighted by atomic mass is 35.5. The molecule has 0 aliphatic carbocycles. The van der Waals surface area contributed by atoms with Gasteiger partial charge in [-0.3, -0.25) is 9.59 Å². The summed E-state index contributed by atoms with van der Waals surface area (Å²) < 4.78 is 0. The van der Waals surface area contributed by atoms with Gasteiger partial charge in [0.1, 0.15) is 0 Å². The third kappa shape index (κ3) is 4.51. The molecule has 0 bridgehead atoms. The van der Waals surface area contributed by atoms with Crippen LogP contribution < -0.4 is 16.4 Å². The Labute approximate surface area is 124 Å². The summed E-state index contributed by atoms with van der Waals surface area (Å²) in [4.78, 5) is 23.0. The van der Waals surface area contributed by atoms with Crippen LogP contribution in [0.15, 0.2) is 24.3 Å². The molecule has 0 aromatic heterocycles. The Bertz CT molecular complexity index is 473. The molecule has 1 aromatic rings. The largest absolute Gasteiger partial charge is 0.366 e. The lowest BCUT2D eigenvalue weighted by Gasteiger charge is -2.21. The number of hydrogen-bond donors (Lipinski definition) is 3. The molecule has 0 radical (unpaired) electrons. The normalized spacial score (nSPS) is 17.9. The first-order valence-electron chi connectivity index (χ1n) is 6.54. The van der Waals surface area contributed by atoms with E-state index in [0.29, 0.717) is 12.1 Å². The van der Waals surface area contributed by atoms with Crippen LogP contribution in [0.2, 0.25) is 0 Å².